The van der Waals surface area contributed by atoms with Crippen LogP contribution in [0.1, 0.15) is 26.2 Å². The van der Waals surface area contributed by atoms with Crippen LogP contribution in [0.5, 0.6) is 0 Å². The van der Waals surface area contributed by atoms with Crippen molar-refractivity contribution in [1.82, 2.24) is 9.80 Å². The van der Waals surface area contributed by atoms with Crippen LogP contribution in [0.25, 0.3) is 0 Å². The average molecular weight is 356 g/mol. The number of amides is 4. The molecule has 0 N–H and O–H groups in total. The van der Waals surface area contributed by atoms with Gasteiger partial charge in [-0.05, 0) is 32.1 Å². The molecule has 0 aromatic carbocycles. The first-order valence-electron chi connectivity index (χ1n) is 8.58. The van der Waals surface area contributed by atoms with Crippen LogP contribution in [0, 0.1) is 11.3 Å². The molecule has 1 aliphatic carbocycles. The number of carbonyl (C=O) groups excluding carboxylic acids is 4. The SMILES string of the molecule is C=C/C=C(\C=C)C(=O)CN1C(=O)N(C)C(=O)C(C)(C2C=CCCC2)C1=O. The molecule has 2 atom stereocenters. The normalized spacial score (nSPS) is 26.9. The van der Waals surface area contributed by atoms with Crippen molar-refractivity contribution in [2.45, 2.75) is 26.2 Å². The second-order valence-electron chi connectivity index (χ2n) is 6.69. The highest BCUT2D eigenvalue weighted by atomic mass is 16.2. The molecule has 0 radical (unpaired) electrons. The number of Topliss-reactive ketones (excluding diaryl/α,β-unsaturated/α-hetero) is 1. The summed E-state index contributed by atoms with van der Waals surface area (Å²) in [6, 6.07) is -0.785. The molecular formula is C20H24N2O4. The van der Waals surface area contributed by atoms with Crippen molar-refractivity contribution in [2.24, 2.45) is 11.3 Å². The van der Waals surface area contributed by atoms with Gasteiger partial charge in [0.25, 0.3) is 0 Å². The number of rotatable bonds is 6. The van der Waals surface area contributed by atoms with E-state index in [-0.39, 0.29) is 11.5 Å². The minimum atomic E-state index is -1.39. The fourth-order valence-corrected chi connectivity index (χ4v) is 3.46. The third-order valence-electron chi connectivity index (χ3n) is 5.09. The predicted octanol–water partition coefficient (Wildman–Crippen LogP) is 2.64. The van der Waals surface area contributed by atoms with Gasteiger partial charge in [0.2, 0.25) is 11.8 Å². The van der Waals surface area contributed by atoms with Gasteiger partial charge in [-0.1, -0.05) is 43.5 Å². The lowest BCUT2D eigenvalue weighted by atomic mass is 9.70. The number of carbonyl (C=O) groups is 4. The highest BCUT2D eigenvalue weighted by molar-refractivity contribution is 6.20. The molecule has 2 unspecified atom stereocenters. The number of imide groups is 2. The van der Waals surface area contributed by atoms with E-state index in [1.165, 1.54) is 25.3 Å². The number of allylic oxidation sites excluding steroid dienone is 5. The summed E-state index contributed by atoms with van der Waals surface area (Å²) in [4.78, 5) is 52.7. The zero-order valence-electron chi connectivity index (χ0n) is 15.2. The lowest BCUT2D eigenvalue weighted by Gasteiger charge is -2.44. The van der Waals surface area contributed by atoms with E-state index in [0.717, 1.165) is 22.6 Å². The molecule has 0 bridgehead atoms. The second-order valence-corrected chi connectivity index (χ2v) is 6.69. The molecule has 1 saturated heterocycles. The molecule has 6 heteroatoms. The highest BCUT2D eigenvalue weighted by Gasteiger charge is 2.56. The van der Waals surface area contributed by atoms with Crippen LogP contribution in [-0.2, 0) is 14.4 Å². The van der Waals surface area contributed by atoms with Gasteiger partial charge >= 0.3 is 6.03 Å². The second kappa shape index (κ2) is 7.64. The lowest BCUT2D eigenvalue weighted by molar-refractivity contribution is -0.160. The molecule has 0 spiro atoms. The van der Waals surface area contributed by atoms with E-state index in [0.29, 0.717) is 6.42 Å². The van der Waals surface area contributed by atoms with Crippen LogP contribution in [0.3, 0.4) is 0 Å². The highest BCUT2D eigenvalue weighted by Crippen LogP contribution is 2.41. The quantitative estimate of drug-likeness (QED) is 0.317. The summed E-state index contributed by atoms with van der Waals surface area (Å²) >= 11 is 0. The summed E-state index contributed by atoms with van der Waals surface area (Å²) in [7, 11) is 1.34. The predicted molar refractivity (Wildman–Crippen MR) is 98.0 cm³/mol. The van der Waals surface area contributed by atoms with Crippen molar-refractivity contribution in [2.75, 3.05) is 13.6 Å². The monoisotopic (exact) mass is 356 g/mol. The number of nitrogens with zero attached hydrogens (tertiary/aromatic N) is 2. The van der Waals surface area contributed by atoms with Crippen LogP contribution >= 0.6 is 0 Å². The fourth-order valence-electron chi connectivity index (χ4n) is 3.46. The Morgan fingerprint density at radius 3 is 2.54 bits per heavy atom. The van der Waals surface area contributed by atoms with E-state index in [1.54, 1.807) is 6.92 Å². The fraction of sp³-hybridized carbons (Fsp3) is 0.400. The first-order chi connectivity index (χ1) is 12.3. The Kier molecular flexibility index (Phi) is 5.75. The molecule has 1 fully saturated rings. The van der Waals surface area contributed by atoms with Crippen molar-refractivity contribution in [3.8, 4) is 0 Å². The van der Waals surface area contributed by atoms with Gasteiger partial charge in [0, 0.05) is 12.6 Å². The molecule has 2 rings (SSSR count). The van der Waals surface area contributed by atoms with Crippen LogP contribution in [0.15, 0.2) is 49.1 Å². The first kappa shape index (κ1) is 19.6. The molecular weight excluding hydrogens is 332 g/mol. The Balaban J connectivity index is 2.38. The molecule has 4 amide bonds. The van der Waals surface area contributed by atoms with Crippen molar-refractivity contribution >= 4 is 23.6 Å². The van der Waals surface area contributed by atoms with Gasteiger partial charge in [-0.3, -0.25) is 24.2 Å². The average Bonchev–Trinajstić information content (AvgIpc) is 2.66. The number of urea groups is 1. The van der Waals surface area contributed by atoms with E-state index >= 15 is 0 Å². The summed E-state index contributed by atoms with van der Waals surface area (Å²) in [5, 5.41) is 0. The van der Waals surface area contributed by atoms with Gasteiger partial charge in [-0.15, -0.1) is 0 Å². The molecule has 2 aliphatic rings. The molecule has 1 aliphatic heterocycles. The van der Waals surface area contributed by atoms with E-state index in [1.807, 2.05) is 12.2 Å². The minimum absolute atomic E-state index is 0.249. The maximum absolute atomic E-state index is 13.1. The Labute approximate surface area is 153 Å². The van der Waals surface area contributed by atoms with Crippen molar-refractivity contribution in [3.05, 3.63) is 49.1 Å². The van der Waals surface area contributed by atoms with Gasteiger partial charge in [0.15, 0.2) is 5.78 Å². The maximum atomic E-state index is 13.1. The van der Waals surface area contributed by atoms with Crippen molar-refractivity contribution in [1.29, 1.82) is 0 Å². The van der Waals surface area contributed by atoms with Gasteiger partial charge < -0.3 is 0 Å². The topological polar surface area (TPSA) is 74.8 Å². The largest absolute Gasteiger partial charge is 0.333 e. The lowest BCUT2D eigenvalue weighted by Crippen LogP contribution is -2.65. The van der Waals surface area contributed by atoms with Gasteiger partial charge in [0.05, 0.1) is 6.54 Å². The summed E-state index contributed by atoms with van der Waals surface area (Å²) in [5.74, 6) is -1.89. The van der Waals surface area contributed by atoms with E-state index in [9.17, 15) is 19.2 Å². The van der Waals surface area contributed by atoms with Crippen LogP contribution in [0.2, 0.25) is 0 Å². The van der Waals surface area contributed by atoms with Crippen LogP contribution in [-0.4, -0.2) is 47.0 Å². The molecule has 138 valence electrons. The van der Waals surface area contributed by atoms with Crippen molar-refractivity contribution in [3.63, 3.8) is 0 Å². The number of ketones is 1. The zero-order valence-corrected chi connectivity index (χ0v) is 15.2. The molecule has 26 heavy (non-hydrogen) atoms. The molecule has 0 saturated carbocycles. The van der Waals surface area contributed by atoms with Gasteiger partial charge in [-0.25, -0.2) is 4.79 Å². The smallest absolute Gasteiger partial charge is 0.292 e. The Bertz CT molecular complexity index is 734. The number of hydrogen-bond acceptors (Lipinski definition) is 4. The standard InChI is InChI=1S/C20H24N2O4/c1-5-10-14(6-2)16(23)13-22-18(25)20(3,15-11-8-7-9-12-15)17(24)21(4)19(22)26/h5-6,8,10-11,15H,1-2,7,9,12-13H2,3-4H3/b14-10+. The van der Waals surface area contributed by atoms with Crippen LogP contribution in [0.4, 0.5) is 4.79 Å². The third-order valence-corrected chi connectivity index (χ3v) is 5.09. The van der Waals surface area contributed by atoms with Crippen LogP contribution < -0.4 is 0 Å². The van der Waals surface area contributed by atoms with Gasteiger partial charge in [-0.2, -0.15) is 0 Å². The summed E-state index contributed by atoms with van der Waals surface area (Å²) in [6.07, 6.45) is 10.5. The number of hydrogen-bond donors (Lipinski definition) is 0. The minimum Gasteiger partial charge on any atom is -0.292 e. The summed E-state index contributed by atoms with van der Waals surface area (Å²) < 4.78 is 0. The Hall–Kier alpha value is -2.76. The van der Waals surface area contributed by atoms with E-state index < -0.39 is 35.6 Å². The van der Waals surface area contributed by atoms with E-state index in [4.69, 9.17) is 0 Å². The molecule has 1 heterocycles. The summed E-state index contributed by atoms with van der Waals surface area (Å²) in [5.41, 5.74) is -1.14. The Morgan fingerprint density at radius 1 is 1.31 bits per heavy atom. The van der Waals surface area contributed by atoms with E-state index in [2.05, 4.69) is 13.2 Å². The Morgan fingerprint density at radius 2 is 2.00 bits per heavy atom. The molecule has 6 nitrogen and oxygen atoms in total. The summed E-state index contributed by atoms with van der Waals surface area (Å²) in [6.45, 7) is 8.22. The first-order valence-corrected chi connectivity index (χ1v) is 8.58. The maximum Gasteiger partial charge on any atom is 0.333 e. The number of barbiturate groups is 1. The molecule has 0 aromatic rings. The van der Waals surface area contributed by atoms with Crippen molar-refractivity contribution < 1.29 is 19.2 Å². The molecule has 0 aromatic heterocycles. The zero-order chi connectivity index (χ0) is 19.5. The third kappa shape index (κ3) is 3.19. The van der Waals surface area contributed by atoms with Gasteiger partial charge in [0.1, 0.15) is 5.41 Å².